The van der Waals surface area contributed by atoms with Crippen molar-refractivity contribution in [1.29, 1.82) is 0 Å². The molecule has 2 aromatic carbocycles. The molecule has 8 heteroatoms. The number of hydrogen-bond donors (Lipinski definition) is 2. The van der Waals surface area contributed by atoms with Crippen LogP contribution in [0.5, 0.6) is 5.75 Å². The van der Waals surface area contributed by atoms with Gasteiger partial charge in [-0.25, -0.2) is 9.18 Å². The van der Waals surface area contributed by atoms with Gasteiger partial charge in [-0.05, 0) is 42.8 Å². The number of piperidine rings is 1. The van der Waals surface area contributed by atoms with E-state index in [0.29, 0.717) is 49.5 Å². The van der Waals surface area contributed by atoms with Gasteiger partial charge < -0.3 is 14.7 Å². The van der Waals surface area contributed by atoms with Crippen molar-refractivity contribution in [2.24, 2.45) is 4.99 Å². The van der Waals surface area contributed by atoms with Crippen molar-refractivity contribution in [2.45, 2.75) is 37.9 Å². The van der Waals surface area contributed by atoms with E-state index < -0.39 is 5.66 Å². The Labute approximate surface area is 185 Å². The smallest absolute Gasteiger partial charge is 0.409 e. The van der Waals surface area contributed by atoms with Gasteiger partial charge >= 0.3 is 6.09 Å². The van der Waals surface area contributed by atoms with Crippen molar-refractivity contribution in [3.8, 4) is 5.75 Å². The van der Waals surface area contributed by atoms with E-state index in [1.807, 2.05) is 0 Å². The largest absolute Gasteiger partial charge is 0.507 e. The third-order valence-electron chi connectivity index (χ3n) is 5.85. The lowest BCUT2D eigenvalue weighted by atomic mass is 9.87. The summed E-state index contributed by atoms with van der Waals surface area (Å²) in [5, 5.41) is 14.6. The van der Waals surface area contributed by atoms with Gasteiger partial charge in [0.05, 0.1) is 6.61 Å². The number of aromatic hydroxyl groups is 1. The number of amides is 1. The van der Waals surface area contributed by atoms with Crippen molar-refractivity contribution in [3.63, 3.8) is 0 Å². The van der Waals surface area contributed by atoms with Crippen LogP contribution in [0.1, 0.15) is 43.4 Å². The minimum atomic E-state index is -0.607. The predicted octanol–water partition coefficient (Wildman–Crippen LogP) is 4.66. The standard InChI is InChI=1S/C23H25ClFN3O3/c1-2-31-22(30)28-11-9-23(10-12-28)26-19(15-3-6-17(25)7-4-15)14-20(27-23)18-13-16(24)5-8-21(18)29/h3-8,13,19,26,29H,2,9-12,14H2,1H3/t19-/m0/s1. The topological polar surface area (TPSA) is 74.2 Å². The molecule has 2 aliphatic rings. The van der Waals surface area contributed by atoms with E-state index in [9.17, 15) is 14.3 Å². The van der Waals surface area contributed by atoms with Gasteiger partial charge in [0.15, 0.2) is 0 Å². The second-order valence-electron chi connectivity index (χ2n) is 7.89. The van der Waals surface area contributed by atoms with Crippen molar-refractivity contribution in [1.82, 2.24) is 10.2 Å². The first-order chi connectivity index (χ1) is 14.9. The number of aliphatic imine (C=N–C) groups is 1. The first-order valence-corrected chi connectivity index (χ1v) is 10.8. The molecular formula is C23H25ClFN3O3. The number of benzene rings is 2. The lowest BCUT2D eigenvalue weighted by molar-refractivity contribution is 0.0779. The number of nitrogens with zero attached hydrogens (tertiary/aromatic N) is 2. The van der Waals surface area contributed by atoms with Crippen LogP contribution >= 0.6 is 11.6 Å². The summed E-state index contributed by atoms with van der Waals surface area (Å²) in [5.74, 6) is -0.180. The average Bonchev–Trinajstić information content (AvgIpc) is 2.76. The van der Waals surface area contributed by atoms with Crippen molar-refractivity contribution in [2.75, 3.05) is 19.7 Å². The van der Waals surface area contributed by atoms with Crippen LogP contribution in [0.15, 0.2) is 47.5 Å². The normalized spacial score (nSPS) is 20.4. The highest BCUT2D eigenvalue weighted by Gasteiger charge is 2.41. The molecule has 31 heavy (non-hydrogen) atoms. The van der Waals surface area contributed by atoms with Crippen molar-refractivity contribution >= 4 is 23.4 Å². The summed E-state index contributed by atoms with van der Waals surface area (Å²) in [7, 11) is 0. The van der Waals surface area contributed by atoms with Crippen LogP contribution in [-0.4, -0.2) is 47.2 Å². The number of hydrogen-bond acceptors (Lipinski definition) is 5. The molecule has 2 aliphatic heterocycles. The number of phenolic OH excluding ortho intramolecular Hbond substituents is 1. The Kier molecular flexibility index (Phi) is 6.16. The van der Waals surface area contributed by atoms with Gasteiger partial charge in [-0.3, -0.25) is 10.3 Å². The number of carbonyl (C=O) groups excluding carboxylic acids is 1. The number of carbonyl (C=O) groups is 1. The fourth-order valence-electron chi connectivity index (χ4n) is 4.24. The number of rotatable bonds is 3. The van der Waals surface area contributed by atoms with Gasteiger partial charge in [0.2, 0.25) is 0 Å². The zero-order valence-corrected chi connectivity index (χ0v) is 18.0. The van der Waals surface area contributed by atoms with Gasteiger partial charge in [0.25, 0.3) is 0 Å². The zero-order valence-electron chi connectivity index (χ0n) is 17.3. The summed E-state index contributed by atoms with van der Waals surface area (Å²) in [6.45, 7) is 3.12. The number of ether oxygens (including phenoxy) is 1. The van der Waals surface area contributed by atoms with Gasteiger partial charge in [-0.2, -0.15) is 0 Å². The number of likely N-dealkylation sites (tertiary alicyclic amines) is 1. The van der Waals surface area contributed by atoms with Gasteiger partial charge in [0.1, 0.15) is 17.2 Å². The maximum atomic E-state index is 13.5. The minimum absolute atomic E-state index is 0.113. The Hall–Kier alpha value is -2.64. The molecule has 0 aromatic heterocycles. The Morgan fingerprint density at radius 3 is 2.68 bits per heavy atom. The van der Waals surface area contributed by atoms with E-state index in [-0.39, 0.29) is 23.7 Å². The highest BCUT2D eigenvalue weighted by molar-refractivity contribution is 6.31. The number of nitrogens with one attached hydrogen (secondary N) is 1. The third-order valence-corrected chi connectivity index (χ3v) is 6.08. The van der Waals surface area contributed by atoms with Gasteiger partial charge in [-0.1, -0.05) is 23.7 Å². The molecule has 0 aliphatic carbocycles. The van der Waals surface area contributed by atoms with Gasteiger partial charge in [-0.15, -0.1) is 0 Å². The van der Waals surface area contributed by atoms with Crippen molar-refractivity contribution in [3.05, 3.63) is 64.4 Å². The molecule has 2 heterocycles. The van der Waals surface area contributed by atoms with E-state index in [4.69, 9.17) is 21.3 Å². The maximum absolute atomic E-state index is 13.5. The lowest BCUT2D eigenvalue weighted by Crippen LogP contribution is -2.56. The van der Waals surface area contributed by atoms with Crippen LogP contribution in [0.4, 0.5) is 9.18 Å². The van der Waals surface area contributed by atoms with Crippen LogP contribution in [0.25, 0.3) is 0 Å². The maximum Gasteiger partial charge on any atom is 0.409 e. The summed E-state index contributed by atoms with van der Waals surface area (Å²) in [6.07, 6.45) is 1.38. The fraction of sp³-hybridized carbons (Fsp3) is 0.391. The second-order valence-corrected chi connectivity index (χ2v) is 8.33. The Bertz CT molecular complexity index is 988. The fourth-order valence-corrected chi connectivity index (χ4v) is 4.41. The molecule has 0 radical (unpaired) electrons. The molecule has 1 amide bonds. The molecule has 164 valence electrons. The molecule has 0 unspecified atom stereocenters. The van der Waals surface area contributed by atoms with E-state index in [1.54, 1.807) is 42.2 Å². The first-order valence-electron chi connectivity index (χ1n) is 10.4. The molecule has 2 N–H and O–H groups in total. The van der Waals surface area contributed by atoms with Crippen molar-refractivity contribution < 1.29 is 19.0 Å². The van der Waals surface area contributed by atoms with Crippen LogP contribution in [-0.2, 0) is 4.74 Å². The Morgan fingerprint density at radius 2 is 2.00 bits per heavy atom. The second kappa shape index (κ2) is 8.85. The van der Waals surface area contributed by atoms with E-state index in [0.717, 1.165) is 11.3 Å². The van der Waals surface area contributed by atoms with Crippen LogP contribution in [0.3, 0.4) is 0 Å². The monoisotopic (exact) mass is 445 g/mol. The summed E-state index contributed by atoms with van der Waals surface area (Å²) < 4.78 is 18.6. The lowest BCUT2D eigenvalue weighted by Gasteiger charge is -2.45. The molecule has 4 rings (SSSR count). The Balaban J connectivity index is 1.67. The van der Waals surface area contributed by atoms with Gasteiger partial charge in [0, 0.05) is 54.7 Å². The molecule has 6 nitrogen and oxygen atoms in total. The molecule has 1 atom stereocenters. The number of phenols is 1. The van der Waals surface area contributed by atoms with E-state index in [1.165, 1.54) is 12.1 Å². The summed E-state index contributed by atoms with van der Waals surface area (Å²) in [4.78, 5) is 18.8. The predicted molar refractivity (Wildman–Crippen MR) is 117 cm³/mol. The van der Waals surface area contributed by atoms with Crippen LogP contribution in [0.2, 0.25) is 5.02 Å². The Morgan fingerprint density at radius 1 is 1.29 bits per heavy atom. The third kappa shape index (κ3) is 4.67. The van der Waals surface area contributed by atoms with E-state index in [2.05, 4.69) is 5.32 Å². The molecule has 2 aromatic rings. The quantitative estimate of drug-likeness (QED) is 0.720. The SMILES string of the molecule is CCOC(=O)N1CCC2(CC1)N=C(c1cc(Cl)ccc1O)C[C@@H](c1ccc(F)cc1)N2. The molecule has 0 bridgehead atoms. The molecule has 1 saturated heterocycles. The summed E-state index contributed by atoms with van der Waals surface area (Å²) in [6, 6.07) is 11.2. The van der Waals surface area contributed by atoms with Crippen LogP contribution in [0, 0.1) is 5.82 Å². The van der Waals surface area contributed by atoms with Crippen LogP contribution < -0.4 is 5.32 Å². The molecule has 0 saturated carbocycles. The minimum Gasteiger partial charge on any atom is -0.507 e. The van der Waals surface area contributed by atoms with E-state index >= 15 is 0 Å². The zero-order chi connectivity index (χ0) is 22.0. The highest BCUT2D eigenvalue weighted by atomic mass is 35.5. The average molecular weight is 446 g/mol. The first kappa shape index (κ1) is 21.6. The molecule has 1 spiro atoms. The number of halogens is 2. The summed E-state index contributed by atoms with van der Waals surface area (Å²) in [5.41, 5.74) is 1.65. The molecule has 1 fully saturated rings. The molecular weight excluding hydrogens is 421 g/mol. The highest BCUT2D eigenvalue weighted by Crippen LogP contribution is 2.37. The summed E-state index contributed by atoms with van der Waals surface area (Å²) >= 11 is 6.19.